The average molecular weight is 127 g/mol. The van der Waals surface area contributed by atoms with Gasteiger partial charge < -0.3 is 10.9 Å². The molecule has 5 heteroatoms. The number of nitrogens with zero attached hydrogens (tertiary/aromatic N) is 2. The molecule has 0 bridgehead atoms. The molecule has 1 heterocycles. The van der Waals surface area contributed by atoms with Gasteiger partial charge in [-0.1, -0.05) is 4.85 Å². The lowest BCUT2D eigenvalue weighted by molar-refractivity contribution is 0.150. The van der Waals surface area contributed by atoms with Gasteiger partial charge in [0.2, 0.25) is 5.43 Å². The summed E-state index contributed by atoms with van der Waals surface area (Å²) in [5, 5.41) is 11.8. The van der Waals surface area contributed by atoms with Crippen LogP contribution in [0.5, 0.6) is 0 Å². The molecule has 0 unspecified atom stereocenters. The Kier molecular flexibility index (Phi) is 1.11. The van der Waals surface area contributed by atoms with E-state index in [4.69, 9.17) is 10.9 Å². The molecule has 0 fully saturated rings. The molecule has 48 valence electrons. The summed E-state index contributed by atoms with van der Waals surface area (Å²) in [5.74, 6) is -0.0671. The maximum atomic E-state index is 10.4. The summed E-state index contributed by atoms with van der Waals surface area (Å²) < 4.78 is 0. The largest absolute Gasteiger partial charge is 0.410 e. The normalized spacial score (nSPS) is 9.33. The van der Waals surface area contributed by atoms with Gasteiger partial charge in [-0.05, 0) is 0 Å². The Morgan fingerprint density at radius 1 is 1.78 bits per heavy atom. The molecule has 1 aromatic heterocycles. The third-order valence-corrected chi connectivity index (χ3v) is 0.815. The van der Waals surface area contributed by atoms with Crippen LogP contribution in [0.15, 0.2) is 17.1 Å². The highest BCUT2D eigenvalue weighted by Gasteiger charge is 1.91. The van der Waals surface area contributed by atoms with E-state index in [2.05, 4.69) is 5.10 Å². The Morgan fingerprint density at radius 3 is 2.89 bits per heavy atom. The molecule has 3 N–H and O–H groups in total. The summed E-state index contributed by atoms with van der Waals surface area (Å²) in [6, 6.07) is 1.08. The molecule has 0 saturated carbocycles. The van der Waals surface area contributed by atoms with E-state index in [1.807, 2.05) is 0 Å². The van der Waals surface area contributed by atoms with Crippen molar-refractivity contribution in [3.05, 3.63) is 22.5 Å². The van der Waals surface area contributed by atoms with Crippen LogP contribution in [0, 0.1) is 0 Å². The first-order chi connectivity index (χ1) is 4.20. The zero-order chi connectivity index (χ0) is 6.85. The van der Waals surface area contributed by atoms with E-state index in [0.29, 0.717) is 4.85 Å². The number of rotatable bonds is 0. The van der Waals surface area contributed by atoms with Crippen molar-refractivity contribution < 1.29 is 5.21 Å². The zero-order valence-electron chi connectivity index (χ0n) is 4.48. The van der Waals surface area contributed by atoms with Crippen LogP contribution < -0.4 is 11.2 Å². The van der Waals surface area contributed by atoms with E-state index in [-0.39, 0.29) is 11.2 Å². The van der Waals surface area contributed by atoms with E-state index in [1.54, 1.807) is 0 Å². The van der Waals surface area contributed by atoms with Crippen molar-refractivity contribution in [1.29, 1.82) is 0 Å². The van der Waals surface area contributed by atoms with Crippen molar-refractivity contribution in [3.8, 4) is 0 Å². The van der Waals surface area contributed by atoms with Crippen LogP contribution in [0.25, 0.3) is 0 Å². The molecule has 0 amide bonds. The third-order valence-electron chi connectivity index (χ3n) is 0.815. The van der Waals surface area contributed by atoms with Crippen LogP contribution in [0.4, 0.5) is 5.82 Å². The van der Waals surface area contributed by atoms with Crippen molar-refractivity contribution in [2.24, 2.45) is 0 Å². The van der Waals surface area contributed by atoms with Gasteiger partial charge in [-0.3, -0.25) is 4.79 Å². The molecular weight excluding hydrogens is 122 g/mol. The second-order valence-corrected chi connectivity index (χ2v) is 1.51. The summed E-state index contributed by atoms with van der Waals surface area (Å²) in [7, 11) is 0. The van der Waals surface area contributed by atoms with Crippen molar-refractivity contribution in [3.63, 3.8) is 0 Å². The highest BCUT2D eigenvalue weighted by molar-refractivity contribution is 5.24. The SMILES string of the molecule is Nc1cc(=O)cnn1O. The molecular formula is C4H5N3O2. The predicted octanol–water partition coefficient (Wildman–Crippen LogP) is -0.937. The first-order valence-corrected chi connectivity index (χ1v) is 2.24. The number of hydrogen-bond donors (Lipinski definition) is 2. The Balaban J connectivity index is 3.34. The Hall–Kier alpha value is -1.52. The standard InChI is InChI=1S/C4H5N3O2/c5-4-1-3(8)2-6-7(4)9/h1-2,9H,5H2. The Labute approximate surface area is 50.3 Å². The number of nitrogen functional groups attached to an aromatic ring is 1. The van der Waals surface area contributed by atoms with E-state index < -0.39 is 0 Å². The Morgan fingerprint density at radius 2 is 2.44 bits per heavy atom. The lowest BCUT2D eigenvalue weighted by Crippen LogP contribution is -2.11. The van der Waals surface area contributed by atoms with Gasteiger partial charge >= 0.3 is 0 Å². The molecule has 1 aromatic rings. The number of hydrogen-bond acceptors (Lipinski definition) is 4. The minimum atomic E-state index is -0.321. The van der Waals surface area contributed by atoms with Crippen LogP contribution in [0.1, 0.15) is 0 Å². The maximum absolute atomic E-state index is 10.4. The van der Waals surface area contributed by atoms with Crippen LogP contribution in [-0.2, 0) is 0 Å². The highest BCUT2D eigenvalue weighted by atomic mass is 16.5. The topological polar surface area (TPSA) is 81.1 Å². The minimum absolute atomic E-state index is 0.0671. The number of anilines is 1. The second-order valence-electron chi connectivity index (χ2n) is 1.51. The average Bonchev–Trinajstić information content (AvgIpc) is 1.80. The van der Waals surface area contributed by atoms with Crippen LogP contribution in [-0.4, -0.2) is 15.2 Å². The van der Waals surface area contributed by atoms with Crippen molar-refractivity contribution in [2.75, 3.05) is 5.73 Å². The molecule has 9 heavy (non-hydrogen) atoms. The molecule has 0 aliphatic carbocycles. The van der Waals surface area contributed by atoms with Gasteiger partial charge in [0.05, 0.1) is 6.20 Å². The monoisotopic (exact) mass is 127 g/mol. The smallest absolute Gasteiger partial charge is 0.202 e. The molecule has 0 spiro atoms. The molecule has 5 nitrogen and oxygen atoms in total. The summed E-state index contributed by atoms with van der Waals surface area (Å²) >= 11 is 0. The van der Waals surface area contributed by atoms with Crippen molar-refractivity contribution in [1.82, 2.24) is 9.94 Å². The van der Waals surface area contributed by atoms with Gasteiger partial charge in [-0.25, -0.2) is 0 Å². The fourth-order valence-corrected chi connectivity index (χ4v) is 0.419. The second kappa shape index (κ2) is 1.77. The predicted molar refractivity (Wildman–Crippen MR) is 30.1 cm³/mol. The van der Waals surface area contributed by atoms with E-state index >= 15 is 0 Å². The third kappa shape index (κ3) is 0.987. The van der Waals surface area contributed by atoms with Crippen LogP contribution in [0.3, 0.4) is 0 Å². The number of nitrogens with two attached hydrogens (primary N) is 1. The lowest BCUT2D eigenvalue weighted by Gasteiger charge is -1.95. The summed E-state index contributed by atoms with van der Waals surface area (Å²) in [5.41, 5.74) is 4.75. The van der Waals surface area contributed by atoms with Gasteiger partial charge in [0.25, 0.3) is 0 Å². The van der Waals surface area contributed by atoms with Crippen LogP contribution >= 0.6 is 0 Å². The first-order valence-electron chi connectivity index (χ1n) is 2.24. The lowest BCUT2D eigenvalue weighted by atomic mass is 10.5. The van der Waals surface area contributed by atoms with Gasteiger partial charge in [-0.2, -0.15) is 0 Å². The van der Waals surface area contributed by atoms with E-state index in [9.17, 15) is 4.79 Å². The maximum Gasteiger partial charge on any atom is 0.202 e. The minimum Gasteiger partial charge on any atom is -0.410 e. The van der Waals surface area contributed by atoms with E-state index in [0.717, 1.165) is 12.3 Å². The van der Waals surface area contributed by atoms with Crippen LogP contribution in [0.2, 0.25) is 0 Å². The van der Waals surface area contributed by atoms with Gasteiger partial charge in [0.15, 0.2) is 5.82 Å². The van der Waals surface area contributed by atoms with Crippen molar-refractivity contribution >= 4 is 5.82 Å². The van der Waals surface area contributed by atoms with Gasteiger partial charge in [-0.15, -0.1) is 5.10 Å². The molecule has 0 radical (unpaired) electrons. The Bertz CT molecular complexity index is 267. The number of aromatic nitrogens is 2. The molecule has 1 rings (SSSR count). The molecule has 0 aliphatic heterocycles. The van der Waals surface area contributed by atoms with Crippen molar-refractivity contribution in [2.45, 2.75) is 0 Å². The van der Waals surface area contributed by atoms with E-state index in [1.165, 1.54) is 0 Å². The molecule has 0 aromatic carbocycles. The zero-order valence-corrected chi connectivity index (χ0v) is 4.48. The fourth-order valence-electron chi connectivity index (χ4n) is 0.419. The fraction of sp³-hybridized carbons (Fsp3) is 0. The molecule has 0 atom stereocenters. The quantitative estimate of drug-likeness (QED) is 0.441. The van der Waals surface area contributed by atoms with Gasteiger partial charge in [0, 0.05) is 6.07 Å². The molecule has 0 saturated heterocycles. The van der Waals surface area contributed by atoms with Gasteiger partial charge in [0.1, 0.15) is 0 Å². The summed E-state index contributed by atoms with van der Waals surface area (Å²) in [4.78, 5) is 10.8. The molecule has 0 aliphatic rings. The first kappa shape index (κ1) is 5.61. The summed E-state index contributed by atoms with van der Waals surface area (Å²) in [6.07, 6.45) is 0.969. The highest BCUT2D eigenvalue weighted by Crippen LogP contribution is 1.87. The summed E-state index contributed by atoms with van der Waals surface area (Å²) in [6.45, 7) is 0.